The molecular formula is C14H18N4O. The number of amides is 1. The van der Waals surface area contributed by atoms with Crippen LogP contribution in [0.2, 0.25) is 0 Å². The van der Waals surface area contributed by atoms with Crippen LogP contribution in [0.5, 0.6) is 0 Å². The molecule has 0 N–H and O–H groups in total. The molecule has 1 amide bonds. The highest BCUT2D eigenvalue weighted by Crippen LogP contribution is 2.17. The third-order valence-corrected chi connectivity index (χ3v) is 3.07. The summed E-state index contributed by atoms with van der Waals surface area (Å²) < 4.78 is 0. The number of aromatic nitrogens is 3. The second-order valence-electron chi connectivity index (χ2n) is 4.32. The molecular weight excluding hydrogens is 240 g/mol. The predicted molar refractivity (Wildman–Crippen MR) is 73.3 cm³/mol. The van der Waals surface area contributed by atoms with Crippen LogP contribution in [0.1, 0.15) is 29.8 Å². The highest BCUT2D eigenvalue weighted by molar-refractivity contribution is 5.97. The first-order valence-electron chi connectivity index (χ1n) is 6.44. The molecule has 100 valence electrons. The van der Waals surface area contributed by atoms with Gasteiger partial charge in [-0.15, -0.1) is 0 Å². The molecule has 0 aliphatic rings. The van der Waals surface area contributed by atoms with E-state index < -0.39 is 0 Å². The van der Waals surface area contributed by atoms with Crippen molar-refractivity contribution in [1.82, 2.24) is 19.9 Å². The Balaban J connectivity index is 2.49. The van der Waals surface area contributed by atoms with Gasteiger partial charge < -0.3 is 4.90 Å². The normalized spacial score (nSPS) is 10.5. The van der Waals surface area contributed by atoms with Crippen LogP contribution in [0.25, 0.3) is 5.69 Å². The third kappa shape index (κ3) is 2.65. The molecule has 2 rings (SSSR count). The van der Waals surface area contributed by atoms with Crippen molar-refractivity contribution in [1.29, 1.82) is 0 Å². The SMILES string of the molecule is CCN(CC)C(=O)c1cc(C)ccc1-n1nccn1. The van der Waals surface area contributed by atoms with Crippen molar-refractivity contribution in [3.05, 3.63) is 41.7 Å². The Morgan fingerprint density at radius 1 is 1.21 bits per heavy atom. The fraction of sp³-hybridized carbons (Fsp3) is 0.357. The maximum atomic E-state index is 12.5. The van der Waals surface area contributed by atoms with E-state index in [1.54, 1.807) is 17.3 Å². The Morgan fingerprint density at radius 2 is 1.84 bits per heavy atom. The Kier molecular flexibility index (Phi) is 3.94. The number of aryl methyl sites for hydroxylation is 1. The van der Waals surface area contributed by atoms with E-state index in [2.05, 4.69) is 10.2 Å². The maximum absolute atomic E-state index is 12.5. The Morgan fingerprint density at radius 3 is 2.42 bits per heavy atom. The minimum absolute atomic E-state index is 0.0148. The zero-order valence-corrected chi connectivity index (χ0v) is 11.5. The molecule has 2 aromatic rings. The van der Waals surface area contributed by atoms with Gasteiger partial charge in [-0.1, -0.05) is 11.6 Å². The van der Waals surface area contributed by atoms with Gasteiger partial charge in [0.1, 0.15) is 0 Å². The Labute approximate surface area is 112 Å². The first-order valence-corrected chi connectivity index (χ1v) is 6.44. The summed E-state index contributed by atoms with van der Waals surface area (Å²) >= 11 is 0. The van der Waals surface area contributed by atoms with Gasteiger partial charge in [0.05, 0.1) is 23.6 Å². The van der Waals surface area contributed by atoms with Crippen LogP contribution in [-0.4, -0.2) is 38.9 Å². The fourth-order valence-corrected chi connectivity index (χ4v) is 2.02. The highest BCUT2D eigenvalue weighted by atomic mass is 16.2. The van der Waals surface area contributed by atoms with Crippen LogP contribution in [0.15, 0.2) is 30.6 Å². The molecule has 5 heteroatoms. The summed E-state index contributed by atoms with van der Waals surface area (Å²) in [7, 11) is 0. The van der Waals surface area contributed by atoms with E-state index in [1.807, 2.05) is 39.0 Å². The topological polar surface area (TPSA) is 51.0 Å². The lowest BCUT2D eigenvalue weighted by atomic mass is 10.1. The minimum atomic E-state index is 0.0148. The highest BCUT2D eigenvalue weighted by Gasteiger charge is 2.18. The van der Waals surface area contributed by atoms with Gasteiger partial charge in [0.2, 0.25) is 0 Å². The van der Waals surface area contributed by atoms with E-state index in [4.69, 9.17) is 0 Å². The molecule has 0 bridgehead atoms. The summed E-state index contributed by atoms with van der Waals surface area (Å²) in [6, 6.07) is 5.73. The Hall–Kier alpha value is -2.17. The molecule has 0 aliphatic heterocycles. The molecule has 0 spiro atoms. The predicted octanol–water partition coefficient (Wildman–Crippen LogP) is 2.06. The summed E-state index contributed by atoms with van der Waals surface area (Å²) in [5.74, 6) is 0.0148. The summed E-state index contributed by atoms with van der Waals surface area (Å²) in [6.07, 6.45) is 3.21. The van der Waals surface area contributed by atoms with Gasteiger partial charge in [-0.3, -0.25) is 4.79 Å². The monoisotopic (exact) mass is 258 g/mol. The molecule has 19 heavy (non-hydrogen) atoms. The average Bonchev–Trinajstić information content (AvgIpc) is 2.93. The second-order valence-corrected chi connectivity index (χ2v) is 4.32. The van der Waals surface area contributed by atoms with Gasteiger partial charge in [0.15, 0.2) is 0 Å². The lowest BCUT2D eigenvalue weighted by Crippen LogP contribution is -2.31. The van der Waals surface area contributed by atoms with Crippen molar-refractivity contribution in [3.8, 4) is 5.69 Å². The zero-order chi connectivity index (χ0) is 13.8. The van der Waals surface area contributed by atoms with Gasteiger partial charge in [-0.05, 0) is 32.9 Å². The fourth-order valence-electron chi connectivity index (χ4n) is 2.02. The second kappa shape index (κ2) is 5.65. The summed E-state index contributed by atoms with van der Waals surface area (Å²) in [5, 5.41) is 8.21. The van der Waals surface area contributed by atoms with E-state index in [0.717, 1.165) is 5.56 Å². The van der Waals surface area contributed by atoms with Gasteiger partial charge in [-0.2, -0.15) is 15.0 Å². The zero-order valence-electron chi connectivity index (χ0n) is 11.5. The number of hydrogen-bond donors (Lipinski definition) is 0. The minimum Gasteiger partial charge on any atom is -0.339 e. The molecule has 0 saturated heterocycles. The molecule has 0 saturated carbocycles. The summed E-state index contributed by atoms with van der Waals surface area (Å²) in [4.78, 5) is 15.8. The summed E-state index contributed by atoms with van der Waals surface area (Å²) in [6.45, 7) is 7.30. The van der Waals surface area contributed by atoms with Crippen LogP contribution >= 0.6 is 0 Å². The number of carbonyl (C=O) groups is 1. The van der Waals surface area contributed by atoms with Crippen LogP contribution in [0.4, 0.5) is 0 Å². The number of hydrogen-bond acceptors (Lipinski definition) is 3. The molecule has 1 heterocycles. The van der Waals surface area contributed by atoms with Gasteiger partial charge in [0, 0.05) is 13.1 Å². The van der Waals surface area contributed by atoms with Gasteiger partial charge >= 0.3 is 0 Å². The van der Waals surface area contributed by atoms with E-state index in [-0.39, 0.29) is 5.91 Å². The molecule has 0 radical (unpaired) electrons. The van der Waals surface area contributed by atoms with Crippen molar-refractivity contribution in [3.63, 3.8) is 0 Å². The number of carbonyl (C=O) groups excluding carboxylic acids is 1. The van der Waals surface area contributed by atoms with Crippen molar-refractivity contribution in [2.75, 3.05) is 13.1 Å². The molecule has 1 aromatic heterocycles. The standard InChI is InChI=1S/C14H18N4O/c1-4-17(5-2)14(19)12-10-11(3)6-7-13(12)18-15-8-9-16-18/h6-10H,4-5H2,1-3H3. The molecule has 0 aliphatic carbocycles. The van der Waals surface area contributed by atoms with E-state index >= 15 is 0 Å². The number of nitrogens with zero attached hydrogens (tertiary/aromatic N) is 4. The van der Waals surface area contributed by atoms with Crippen LogP contribution in [0, 0.1) is 6.92 Å². The van der Waals surface area contributed by atoms with Crippen molar-refractivity contribution in [2.24, 2.45) is 0 Å². The van der Waals surface area contributed by atoms with Crippen molar-refractivity contribution < 1.29 is 4.79 Å². The number of rotatable bonds is 4. The Bertz CT molecular complexity index is 559. The largest absolute Gasteiger partial charge is 0.339 e. The maximum Gasteiger partial charge on any atom is 0.256 e. The first kappa shape index (κ1) is 13.3. The molecule has 5 nitrogen and oxygen atoms in total. The van der Waals surface area contributed by atoms with Crippen molar-refractivity contribution >= 4 is 5.91 Å². The lowest BCUT2D eigenvalue weighted by molar-refractivity contribution is 0.0772. The summed E-state index contributed by atoms with van der Waals surface area (Å²) in [5.41, 5.74) is 2.40. The average molecular weight is 258 g/mol. The van der Waals surface area contributed by atoms with Crippen LogP contribution in [0.3, 0.4) is 0 Å². The van der Waals surface area contributed by atoms with Gasteiger partial charge in [0.25, 0.3) is 5.91 Å². The third-order valence-electron chi connectivity index (χ3n) is 3.07. The van der Waals surface area contributed by atoms with Crippen LogP contribution < -0.4 is 0 Å². The quantitative estimate of drug-likeness (QED) is 0.843. The van der Waals surface area contributed by atoms with E-state index in [9.17, 15) is 4.79 Å². The van der Waals surface area contributed by atoms with Crippen molar-refractivity contribution in [2.45, 2.75) is 20.8 Å². The molecule has 0 unspecified atom stereocenters. The van der Waals surface area contributed by atoms with E-state index in [0.29, 0.717) is 24.3 Å². The van der Waals surface area contributed by atoms with E-state index in [1.165, 1.54) is 4.80 Å². The molecule has 1 aromatic carbocycles. The smallest absolute Gasteiger partial charge is 0.256 e. The molecule has 0 atom stereocenters. The number of benzene rings is 1. The lowest BCUT2D eigenvalue weighted by Gasteiger charge is -2.20. The molecule has 0 fully saturated rings. The van der Waals surface area contributed by atoms with Crippen LogP contribution in [-0.2, 0) is 0 Å². The first-order chi connectivity index (χ1) is 9.17. The van der Waals surface area contributed by atoms with Gasteiger partial charge in [-0.25, -0.2) is 0 Å².